The van der Waals surface area contributed by atoms with Crippen molar-refractivity contribution in [3.8, 4) is 0 Å². The molecule has 0 spiro atoms. The molecule has 0 saturated heterocycles. The molecular weight excluding hydrogens is 239 g/mol. The van der Waals surface area contributed by atoms with Crippen molar-refractivity contribution in [2.24, 2.45) is 5.92 Å². The predicted molar refractivity (Wildman–Crippen MR) is 61.9 cm³/mol. The van der Waals surface area contributed by atoms with E-state index in [-0.39, 0.29) is 43.5 Å². The second kappa shape index (κ2) is 6.19. The summed E-state index contributed by atoms with van der Waals surface area (Å²) in [6, 6.07) is 0. The average molecular weight is 256 g/mol. The van der Waals surface area contributed by atoms with E-state index in [4.69, 9.17) is 0 Å². The van der Waals surface area contributed by atoms with Crippen LogP contribution in [0.5, 0.6) is 0 Å². The van der Waals surface area contributed by atoms with Crippen molar-refractivity contribution in [1.82, 2.24) is 0 Å². The maximum atomic E-state index is 4.08. The fourth-order valence-electron chi connectivity index (χ4n) is 1.65. The van der Waals surface area contributed by atoms with Gasteiger partial charge in [-0.25, -0.2) is 0 Å². The van der Waals surface area contributed by atoms with E-state index in [1.54, 1.807) is 9.45 Å². The van der Waals surface area contributed by atoms with Crippen molar-refractivity contribution in [2.45, 2.75) is 27.7 Å². The van der Waals surface area contributed by atoms with Crippen LogP contribution in [0.25, 0.3) is 0 Å². The van der Waals surface area contributed by atoms with Gasteiger partial charge in [0, 0.05) is 0 Å². The van der Waals surface area contributed by atoms with Crippen LogP contribution >= 0.6 is 24.8 Å². The van der Waals surface area contributed by atoms with Crippen LogP contribution in [0.2, 0.25) is 0 Å². The number of rotatable bonds is 1. The second-order valence-electron chi connectivity index (χ2n) is 3.25. The molecule has 0 fully saturated rings. The third-order valence-corrected chi connectivity index (χ3v) is 4.69. The third kappa shape index (κ3) is 2.79. The summed E-state index contributed by atoms with van der Waals surface area (Å²) in [5.41, 5.74) is 4.61. The maximum absolute atomic E-state index is 4.08. The van der Waals surface area contributed by atoms with Crippen LogP contribution in [-0.4, -0.2) is 4.82 Å². The van der Waals surface area contributed by atoms with Crippen LogP contribution in [-0.2, 0) is 18.7 Å². The Morgan fingerprint density at radius 2 is 1.54 bits per heavy atom. The summed E-state index contributed by atoms with van der Waals surface area (Å²) in [4.78, 5) is 4.08. The Morgan fingerprint density at radius 1 is 1.08 bits per heavy atom. The van der Waals surface area contributed by atoms with Gasteiger partial charge in [0.15, 0.2) is 0 Å². The van der Waals surface area contributed by atoms with E-state index in [0.29, 0.717) is 5.92 Å². The van der Waals surface area contributed by atoms with E-state index in [1.807, 2.05) is 0 Å². The fraction of sp³-hybridized carbons (Fsp3) is 0.500. The molecule has 1 aliphatic rings. The van der Waals surface area contributed by atoms with Crippen molar-refractivity contribution < 1.29 is 18.7 Å². The van der Waals surface area contributed by atoms with Gasteiger partial charge in [0.25, 0.3) is 0 Å². The third-order valence-electron chi connectivity index (χ3n) is 2.83. The van der Waals surface area contributed by atoms with Gasteiger partial charge in [0.2, 0.25) is 0 Å². The predicted octanol–water partition coefficient (Wildman–Crippen LogP) is 3.60. The first-order chi connectivity index (χ1) is 5.09. The van der Waals surface area contributed by atoms with Gasteiger partial charge in [0.1, 0.15) is 0 Å². The molecule has 75 valence electrons. The molecule has 0 N–H and O–H groups in total. The number of hydrogen-bond donors (Lipinski definition) is 0. The Labute approximate surface area is 102 Å². The van der Waals surface area contributed by atoms with E-state index < -0.39 is 0 Å². The minimum absolute atomic E-state index is 0. The summed E-state index contributed by atoms with van der Waals surface area (Å²) in [5, 5.41) is 0. The average Bonchev–Trinajstić information content (AvgIpc) is 2.17. The molecule has 0 heterocycles. The Balaban J connectivity index is 0. The molecule has 1 atom stereocenters. The molecule has 0 aromatic heterocycles. The fourth-order valence-corrected chi connectivity index (χ4v) is 3.17. The van der Waals surface area contributed by atoms with Gasteiger partial charge in [-0.1, -0.05) is 0 Å². The zero-order valence-corrected chi connectivity index (χ0v) is 11.8. The van der Waals surface area contributed by atoms with Crippen molar-refractivity contribution >= 4 is 29.6 Å². The number of allylic oxidation sites excluding steroid dienone is 4. The first kappa shape index (κ1) is 16.1. The SMILES string of the molecule is Cl.Cl.[CH2]=[Ti][C]1=C(C)C(C)=C(C)C1C. The van der Waals surface area contributed by atoms with Crippen molar-refractivity contribution in [1.29, 1.82) is 0 Å². The Hall–Kier alpha value is 0.644. The van der Waals surface area contributed by atoms with E-state index in [2.05, 4.69) is 32.5 Å². The van der Waals surface area contributed by atoms with Gasteiger partial charge in [0.05, 0.1) is 0 Å². The summed E-state index contributed by atoms with van der Waals surface area (Å²) in [6.45, 7) is 9.03. The van der Waals surface area contributed by atoms with E-state index >= 15 is 0 Å². The summed E-state index contributed by atoms with van der Waals surface area (Å²) < 4.78 is 1.65. The first-order valence-corrected chi connectivity index (χ1v) is 5.89. The number of halogens is 2. The first-order valence-electron chi connectivity index (χ1n) is 4.01. The van der Waals surface area contributed by atoms with Gasteiger partial charge in [-0.05, 0) is 0 Å². The van der Waals surface area contributed by atoms with Gasteiger partial charge in [-0.15, -0.1) is 24.8 Å². The minimum atomic E-state index is -0.0661. The zero-order chi connectivity index (χ0) is 8.59. The molecular formula is C10H17Cl2Ti. The Kier molecular flexibility index (Phi) is 7.66. The van der Waals surface area contributed by atoms with E-state index in [1.165, 1.54) is 11.1 Å². The molecule has 0 aliphatic heterocycles. The standard InChI is InChI=1S/C9H13.CH2.2ClH.Ti/c1-6-5-7(2)9(4)8(6)3;;;;/h6H,1-4H3;1H2;2*1H;. The van der Waals surface area contributed by atoms with Crippen LogP contribution in [0.15, 0.2) is 20.6 Å². The zero-order valence-electron chi connectivity index (χ0n) is 8.60. The van der Waals surface area contributed by atoms with Crippen LogP contribution in [0.1, 0.15) is 27.7 Å². The van der Waals surface area contributed by atoms with Gasteiger partial charge >= 0.3 is 77.7 Å². The molecule has 3 heteroatoms. The van der Waals surface area contributed by atoms with Crippen LogP contribution in [0.3, 0.4) is 0 Å². The molecule has 0 radical (unpaired) electrons. The van der Waals surface area contributed by atoms with Crippen LogP contribution in [0, 0.1) is 5.92 Å². The summed E-state index contributed by atoms with van der Waals surface area (Å²) in [5.74, 6) is 0.701. The normalized spacial score (nSPS) is 20.8. The molecule has 0 nitrogen and oxygen atoms in total. The van der Waals surface area contributed by atoms with E-state index in [9.17, 15) is 0 Å². The second-order valence-corrected chi connectivity index (χ2v) is 4.64. The van der Waals surface area contributed by atoms with Gasteiger partial charge < -0.3 is 0 Å². The van der Waals surface area contributed by atoms with Crippen molar-refractivity contribution in [2.75, 3.05) is 0 Å². The molecule has 1 aliphatic carbocycles. The molecule has 0 aromatic carbocycles. The van der Waals surface area contributed by atoms with Crippen LogP contribution < -0.4 is 0 Å². The Bertz CT molecular complexity index is 264. The van der Waals surface area contributed by atoms with Crippen molar-refractivity contribution in [3.63, 3.8) is 0 Å². The summed E-state index contributed by atoms with van der Waals surface area (Å²) >= 11 is -0.0661. The molecule has 1 unspecified atom stereocenters. The molecule has 13 heavy (non-hydrogen) atoms. The summed E-state index contributed by atoms with van der Waals surface area (Å²) in [7, 11) is 0. The summed E-state index contributed by atoms with van der Waals surface area (Å²) in [6.07, 6.45) is 0. The topological polar surface area (TPSA) is 0 Å². The molecule has 0 saturated carbocycles. The quantitative estimate of drug-likeness (QED) is 0.628. The number of hydrogen-bond acceptors (Lipinski definition) is 0. The van der Waals surface area contributed by atoms with Gasteiger partial charge in [-0.3, -0.25) is 0 Å². The van der Waals surface area contributed by atoms with Crippen LogP contribution in [0.4, 0.5) is 0 Å². The van der Waals surface area contributed by atoms with Gasteiger partial charge in [-0.2, -0.15) is 0 Å². The monoisotopic (exact) mass is 255 g/mol. The molecule has 1 rings (SSSR count). The Morgan fingerprint density at radius 3 is 1.69 bits per heavy atom. The molecule has 0 aromatic rings. The molecule has 0 bridgehead atoms. The van der Waals surface area contributed by atoms with Crippen molar-refractivity contribution in [3.05, 3.63) is 20.6 Å². The molecule has 0 amide bonds. The van der Waals surface area contributed by atoms with E-state index in [0.717, 1.165) is 0 Å².